The van der Waals surface area contributed by atoms with Crippen LogP contribution in [0.25, 0.3) is 0 Å². The lowest BCUT2D eigenvalue weighted by Gasteiger charge is -2.30. The highest BCUT2D eigenvalue weighted by atomic mass is 35.5. The zero-order chi connectivity index (χ0) is 12.5. The SMILES string of the molecule is FC(F)(F)c1ccc(NCC2CC(Cl)C2)nn1. The van der Waals surface area contributed by atoms with Gasteiger partial charge < -0.3 is 5.32 Å². The molecule has 1 saturated carbocycles. The van der Waals surface area contributed by atoms with Crippen LogP contribution in [0.5, 0.6) is 0 Å². The molecule has 0 spiro atoms. The lowest BCUT2D eigenvalue weighted by molar-refractivity contribution is -0.141. The smallest absolute Gasteiger partial charge is 0.368 e. The van der Waals surface area contributed by atoms with Gasteiger partial charge in [-0.15, -0.1) is 21.8 Å². The van der Waals surface area contributed by atoms with Gasteiger partial charge in [0.25, 0.3) is 0 Å². The monoisotopic (exact) mass is 265 g/mol. The normalized spacial score (nSPS) is 24.2. The van der Waals surface area contributed by atoms with Gasteiger partial charge in [0.15, 0.2) is 5.69 Å². The molecule has 0 bridgehead atoms. The number of rotatable bonds is 3. The minimum atomic E-state index is -4.44. The Morgan fingerprint density at radius 1 is 1.29 bits per heavy atom. The van der Waals surface area contributed by atoms with E-state index < -0.39 is 11.9 Å². The van der Waals surface area contributed by atoms with E-state index in [9.17, 15) is 13.2 Å². The number of halogens is 4. The van der Waals surface area contributed by atoms with Crippen LogP contribution in [0.15, 0.2) is 12.1 Å². The lowest BCUT2D eigenvalue weighted by Crippen LogP contribution is -2.30. The van der Waals surface area contributed by atoms with Gasteiger partial charge in [-0.25, -0.2) is 0 Å². The highest BCUT2D eigenvalue weighted by Gasteiger charge is 2.33. The van der Waals surface area contributed by atoms with Gasteiger partial charge in [0.05, 0.1) is 0 Å². The number of hydrogen-bond acceptors (Lipinski definition) is 3. The van der Waals surface area contributed by atoms with Crippen LogP contribution in [-0.4, -0.2) is 22.1 Å². The van der Waals surface area contributed by atoms with Crippen LogP contribution in [0, 0.1) is 5.92 Å². The summed E-state index contributed by atoms with van der Waals surface area (Å²) in [6.45, 7) is 0.670. The van der Waals surface area contributed by atoms with E-state index in [1.54, 1.807) is 0 Å². The van der Waals surface area contributed by atoms with Gasteiger partial charge in [-0.05, 0) is 30.9 Å². The topological polar surface area (TPSA) is 37.8 Å². The molecule has 0 atom stereocenters. The van der Waals surface area contributed by atoms with E-state index >= 15 is 0 Å². The summed E-state index contributed by atoms with van der Waals surface area (Å²) in [5, 5.41) is 9.79. The van der Waals surface area contributed by atoms with Crippen LogP contribution in [0.3, 0.4) is 0 Å². The molecule has 1 aliphatic rings. The molecule has 0 aliphatic heterocycles. The van der Waals surface area contributed by atoms with Gasteiger partial charge in [-0.3, -0.25) is 0 Å². The average molecular weight is 266 g/mol. The van der Waals surface area contributed by atoms with Gasteiger partial charge >= 0.3 is 6.18 Å². The number of aromatic nitrogens is 2. The van der Waals surface area contributed by atoms with E-state index in [0.29, 0.717) is 18.3 Å². The van der Waals surface area contributed by atoms with Gasteiger partial charge in [-0.1, -0.05) is 0 Å². The Morgan fingerprint density at radius 2 is 2.00 bits per heavy atom. The van der Waals surface area contributed by atoms with Crippen molar-refractivity contribution in [1.29, 1.82) is 0 Å². The van der Waals surface area contributed by atoms with Crippen molar-refractivity contribution in [2.45, 2.75) is 24.4 Å². The average Bonchev–Trinajstić information content (AvgIpc) is 2.22. The van der Waals surface area contributed by atoms with Crippen molar-refractivity contribution in [2.24, 2.45) is 5.92 Å². The Morgan fingerprint density at radius 3 is 2.47 bits per heavy atom. The Hall–Kier alpha value is -1.04. The molecule has 1 fully saturated rings. The highest BCUT2D eigenvalue weighted by molar-refractivity contribution is 6.21. The van der Waals surface area contributed by atoms with Crippen molar-refractivity contribution in [3.8, 4) is 0 Å². The number of alkyl halides is 4. The van der Waals surface area contributed by atoms with E-state index in [1.165, 1.54) is 6.07 Å². The first-order chi connectivity index (χ1) is 7.95. The second kappa shape index (κ2) is 4.68. The summed E-state index contributed by atoms with van der Waals surface area (Å²) in [7, 11) is 0. The standard InChI is InChI=1S/C10H11ClF3N3/c11-7-3-6(4-7)5-15-9-2-1-8(16-17-9)10(12,13)14/h1-2,6-7H,3-5H2,(H,15,17). The van der Waals surface area contributed by atoms with E-state index in [0.717, 1.165) is 18.9 Å². The van der Waals surface area contributed by atoms with Gasteiger partial charge in [-0.2, -0.15) is 13.2 Å². The third-order valence-electron chi connectivity index (χ3n) is 2.71. The third-order valence-corrected chi connectivity index (χ3v) is 3.06. The molecule has 0 unspecified atom stereocenters. The number of nitrogens with one attached hydrogen (secondary N) is 1. The van der Waals surface area contributed by atoms with E-state index in [1.807, 2.05) is 0 Å². The molecule has 2 rings (SSSR count). The summed E-state index contributed by atoms with van der Waals surface area (Å²) in [5.74, 6) is 0.831. The van der Waals surface area contributed by atoms with Crippen molar-refractivity contribution < 1.29 is 13.2 Å². The first-order valence-electron chi connectivity index (χ1n) is 5.24. The molecule has 0 saturated heterocycles. The Labute approximate surface area is 101 Å². The second-order valence-electron chi connectivity index (χ2n) is 4.12. The summed E-state index contributed by atoms with van der Waals surface area (Å²) in [6.07, 6.45) is -2.57. The van der Waals surface area contributed by atoms with E-state index in [-0.39, 0.29) is 5.38 Å². The van der Waals surface area contributed by atoms with Crippen LogP contribution in [0.1, 0.15) is 18.5 Å². The molecular formula is C10H11ClF3N3. The van der Waals surface area contributed by atoms with E-state index in [4.69, 9.17) is 11.6 Å². The fourth-order valence-corrected chi connectivity index (χ4v) is 2.15. The molecule has 1 heterocycles. The fraction of sp³-hybridized carbons (Fsp3) is 0.600. The van der Waals surface area contributed by atoms with Crippen molar-refractivity contribution in [3.05, 3.63) is 17.8 Å². The molecule has 1 aromatic heterocycles. The number of hydrogen-bond donors (Lipinski definition) is 1. The Bertz CT molecular complexity index is 373. The summed E-state index contributed by atoms with van der Waals surface area (Å²) in [6, 6.07) is 2.20. The zero-order valence-corrected chi connectivity index (χ0v) is 9.59. The summed E-state index contributed by atoms with van der Waals surface area (Å²) < 4.78 is 36.6. The molecule has 17 heavy (non-hydrogen) atoms. The molecule has 94 valence electrons. The van der Waals surface area contributed by atoms with Gasteiger partial charge in [0, 0.05) is 11.9 Å². The highest BCUT2D eigenvalue weighted by Crippen LogP contribution is 2.32. The van der Waals surface area contributed by atoms with Crippen molar-refractivity contribution in [2.75, 3.05) is 11.9 Å². The van der Waals surface area contributed by atoms with Crippen molar-refractivity contribution >= 4 is 17.4 Å². The minimum Gasteiger partial charge on any atom is -0.368 e. The molecule has 1 aliphatic carbocycles. The number of nitrogens with zero attached hydrogens (tertiary/aromatic N) is 2. The molecule has 0 radical (unpaired) electrons. The fourth-order valence-electron chi connectivity index (χ4n) is 1.65. The molecule has 1 N–H and O–H groups in total. The van der Waals surface area contributed by atoms with Crippen LogP contribution < -0.4 is 5.32 Å². The summed E-state index contributed by atoms with van der Waals surface area (Å²) in [4.78, 5) is 0. The maximum Gasteiger partial charge on any atom is 0.435 e. The summed E-state index contributed by atoms with van der Waals surface area (Å²) in [5.41, 5.74) is -0.979. The third kappa shape index (κ3) is 3.21. The van der Waals surface area contributed by atoms with Crippen LogP contribution in [0.4, 0.5) is 19.0 Å². The largest absolute Gasteiger partial charge is 0.435 e. The maximum absolute atomic E-state index is 12.2. The van der Waals surface area contributed by atoms with Gasteiger partial charge in [0.1, 0.15) is 5.82 Å². The Balaban J connectivity index is 1.86. The first-order valence-corrected chi connectivity index (χ1v) is 5.67. The Kier molecular flexibility index (Phi) is 3.42. The molecule has 1 aromatic rings. The van der Waals surface area contributed by atoms with Crippen LogP contribution in [0.2, 0.25) is 0 Å². The van der Waals surface area contributed by atoms with E-state index in [2.05, 4.69) is 15.5 Å². The zero-order valence-electron chi connectivity index (χ0n) is 8.84. The minimum absolute atomic E-state index is 0.237. The predicted octanol–water partition coefficient (Wildman–Crippen LogP) is 2.92. The second-order valence-corrected chi connectivity index (χ2v) is 4.73. The molecule has 7 heteroatoms. The van der Waals surface area contributed by atoms with Crippen molar-refractivity contribution in [1.82, 2.24) is 10.2 Å². The van der Waals surface area contributed by atoms with Crippen LogP contribution in [-0.2, 0) is 6.18 Å². The quantitative estimate of drug-likeness (QED) is 0.854. The number of anilines is 1. The van der Waals surface area contributed by atoms with Gasteiger partial charge in [0.2, 0.25) is 0 Å². The predicted molar refractivity (Wildman–Crippen MR) is 57.9 cm³/mol. The maximum atomic E-state index is 12.2. The molecular weight excluding hydrogens is 255 g/mol. The molecule has 0 aromatic carbocycles. The van der Waals surface area contributed by atoms with Crippen LogP contribution >= 0.6 is 11.6 Å². The molecule has 3 nitrogen and oxygen atoms in total. The molecule has 0 amide bonds. The van der Waals surface area contributed by atoms with Crippen molar-refractivity contribution in [3.63, 3.8) is 0 Å². The summed E-state index contributed by atoms with van der Waals surface area (Å²) >= 11 is 5.82. The lowest BCUT2D eigenvalue weighted by atomic mass is 9.85. The first kappa shape index (κ1) is 12.4.